The van der Waals surface area contributed by atoms with Crippen LogP contribution in [-0.4, -0.2) is 29.5 Å². The zero-order valence-electron chi connectivity index (χ0n) is 18.3. The van der Waals surface area contributed by atoms with Crippen LogP contribution in [0, 0.1) is 11.3 Å². The summed E-state index contributed by atoms with van der Waals surface area (Å²) in [6.07, 6.45) is 0. The molecule has 0 fully saturated rings. The minimum atomic E-state index is -1.03. The molecule has 172 valence electrons. The molecule has 10 nitrogen and oxygen atoms in total. The molecule has 1 aromatic heterocycles. The maximum atomic E-state index is 13.2. The number of aromatic amines is 1. The number of fused-ring (bicyclic) bond motifs is 1. The van der Waals surface area contributed by atoms with Crippen molar-refractivity contribution < 1.29 is 19.0 Å². The number of ether oxygens (including phenoxy) is 3. The smallest absolute Gasteiger partial charge is 0.340 e. The first-order chi connectivity index (χ1) is 16.4. The van der Waals surface area contributed by atoms with E-state index in [4.69, 9.17) is 19.9 Å². The second-order valence-electron chi connectivity index (χ2n) is 7.26. The molecule has 34 heavy (non-hydrogen) atoms. The van der Waals surface area contributed by atoms with Crippen molar-refractivity contribution in [3.8, 4) is 11.8 Å². The molecule has 1 aliphatic rings. The van der Waals surface area contributed by atoms with E-state index in [0.717, 1.165) is 4.68 Å². The van der Waals surface area contributed by atoms with Gasteiger partial charge in [-0.25, -0.2) is 4.79 Å². The van der Waals surface area contributed by atoms with Crippen molar-refractivity contribution in [3.63, 3.8) is 0 Å². The van der Waals surface area contributed by atoms with Crippen LogP contribution in [0.25, 0.3) is 16.7 Å². The Hall–Kier alpha value is -4.78. The number of aromatic nitrogens is 2. The Morgan fingerprint density at radius 3 is 2.47 bits per heavy atom. The SMILES string of the molecule is CCOC(=O)C1=C(N)OC(n2[nH]c(=O)c3ccccc3c2=O)=C(C#N)C1c1ccc(OC)cc1. The lowest BCUT2D eigenvalue weighted by atomic mass is 9.84. The molecule has 10 heteroatoms. The summed E-state index contributed by atoms with van der Waals surface area (Å²) in [4.78, 5) is 38.6. The van der Waals surface area contributed by atoms with E-state index in [9.17, 15) is 19.6 Å². The van der Waals surface area contributed by atoms with Gasteiger partial charge in [0.15, 0.2) is 0 Å². The molecule has 0 aliphatic carbocycles. The van der Waals surface area contributed by atoms with Gasteiger partial charge in [0.25, 0.3) is 11.1 Å². The average molecular weight is 460 g/mol. The van der Waals surface area contributed by atoms with E-state index in [1.807, 2.05) is 6.07 Å². The predicted octanol–water partition coefficient (Wildman–Crippen LogP) is 1.94. The number of H-pyrrole nitrogens is 1. The van der Waals surface area contributed by atoms with Crippen LogP contribution in [-0.2, 0) is 14.3 Å². The minimum absolute atomic E-state index is 0.0703. The van der Waals surface area contributed by atoms with Crippen molar-refractivity contribution in [2.24, 2.45) is 5.73 Å². The Balaban J connectivity index is 2.00. The van der Waals surface area contributed by atoms with E-state index >= 15 is 0 Å². The molecule has 4 rings (SSSR count). The van der Waals surface area contributed by atoms with Gasteiger partial charge in [-0.2, -0.15) is 9.94 Å². The van der Waals surface area contributed by atoms with Crippen LogP contribution in [0.15, 0.2) is 75.1 Å². The highest BCUT2D eigenvalue weighted by Crippen LogP contribution is 2.41. The van der Waals surface area contributed by atoms with Gasteiger partial charge < -0.3 is 19.9 Å². The number of esters is 1. The number of methoxy groups -OCH3 is 1. The molecule has 1 atom stereocenters. The molecule has 2 heterocycles. The monoisotopic (exact) mass is 460 g/mol. The third-order valence-electron chi connectivity index (χ3n) is 5.37. The summed E-state index contributed by atoms with van der Waals surface area (Å²) in [7, 11) is 1.51. The molecular weight excluding hydrogens is 440 g/mol. The maximum Gasteiger partial charge on any atom is 0.340 e. The van der Waals surface area contributed by atoms with Gasteiger partial charge in [0.1, 0.15) is 23.0 Å². The van der Waals surface area contributed by atoms with Crippen molar-refractivity contribution >= 4 is 22.6 Å². The number of rotatable bonds is 5. The number of carbonyl (C=O) groups is 1. The second kappa shape index (κ2) is 8.99. The molecule has 1 aliphatic heterocycles. The zero-order valence-corrected chi connectivity index (χ0v) is 18.3. The lowest BCUT2D eigenvalue weighted by Crippen LogP contribution is -2.34. The normalized spacial score (nSPS) is 15.6. The third kappa shape index (κ3) is 3.69. The summed E-state index contributed by atoms with van der Waals surface area (Å²) in [5.74, 6) is -1.90. The first-order valence-electron chi connectivity index (χ1n) is 10.3. The number of nitrogens with two attached hydrogens (primary N) is 1. The van der Waals surface area contributed by atoms with Crippen molar-refractivity contribution in [2.75, 3.05) is 13.7 Å². The highest BCUT2D eigenvalue weighted by Gasteiger charge is 2.39. The van der Waals surface area contributed by atoms with Gasteiger partial charge in [0, 0.05) is 0 Å². The standard InChI is InChI=1S/C24H20N4O6/c1-3-33-24(31)19-18(13-8-10-14(32-2)11-9-13)17(12-25)23(34-20(19)26)28-22(30)16-7-5-4-6-15(16)21(29)27-28/h4-11,18H,3,26H2,1-2H3,(H,27,29). The number of allylic oxidation sites excluding steroid dienone is 1. The van der Waals surface area contributed by atoms with Gasteiger partial charge in [0.2, 0.25) is 11.8 Å². The number of carbonyl (C=O) groups excluding carboxylic acids is 1. The van der Waals surface area contributed by atoms with Crippen molar-refractivity contribution in [1.29, 1.82) is 5.26 Å². The van der Waals surface area contributed by atoms with Gasteiger partial charge >= 0.3 is 5.97 Å². The van der Waals surface area contributed by atoms with E-state index in [2.05, 4.69) is 5.10 Å². The summed E-state index contributed by atoms with van der Waals surface area (Å²) >= 11 is 0. The van der Waals surface area contributed by atoms with E-state index in [-0.39, 0.29) is 40.3 Å². The molecule has 0 saturated heterocycles. The van der Waals surface area contributed by atoms with Gasteiger partial charge in [-0.05, 0) is 36.8 Å². The Bertz CT molecular complexity index is 1510. The average Bonchev–Trinajstić information content (AvgIpc) is 2.85. The molecule has 3 aromatic rings. The maximum absolute atomic E-state index is 13.2. The zero-order chi connectivity index (χ0) is 24.4. The fraction of sp³-hybridized carbons (Fsp3) is 0.167. The van der Waals surface area contributed by atoms with Gasteiger partial charge in [0.05, 0.1) is 30.4 Å². The van der Waals surface area contributed by atoms with Gasteiger partial charge in [-0.3, -0.25) is 14.7 Å². The molecule has 0 saturated carbocycles. The molecule has 3 N–H and O–H groups in total. The van der Waals surface area contributed by atoms with E-state index in [1.165, 1.54) is 19.2 Å². The van der Waals surface area contributed by atoms with Crippen LogP contribution in [0.3, 0.4) is 0 Å². The van der Waals surface area contributed by atoms with Crippen LogP contribution < -0.4 is 21.6 Å². The highest BCUT2D eigenvalue weighted by molar-refractivity contribution is 5.93. The minimum Gasteiger partial charge on any atom is -0.497 e. The van der Waals surface area contributed by atoms with E-state index in [0.29, 0.717) is 11.3 Å². The highest BCUT2D eigenvalue weighted by atomic mass is 16.5. The first-order valence-corrected chi connectivity index (χ1v) is 10.3. The molecule has 0 amide bonds. The summed E-state index contributed by atoms with van der Waals surface area (Å²) in [6, 6.07) is 14.9. The van der Waals surface area contributed by atoms with Crippen LogP contribution in [0.1, 0.15) is 18.4 Å². The number of nitrogens with one attached hydrogen (secondary N) is 1. The molecule has 2 aromatic carbocycles. The lowest BCUT2D eigenvalue weighted by molar-refractivity contribution is -0.139. The number of nitrogens with zero attached hydrogens (tertiary/aromatic N) is 2. The van der Waals surface area contributed by atoms with Crippen LogP contribution in [0.4, 0.5) is 0 Å². The lowest BCUT2D eigenvalue weighted by Gasteiger charge is -2.28. The number of nitriles is 1. The van der Waals surface area contributed by atoms with E-state index in [1.54, 1.807) is 43.3 Å². The number of hydrogen-bond donors (Lipinski definition) is 2. The molecule has 0 radical (unpaired) electrons. The van der Waals surface area contributed by atoms with Gasteiger partial charge in [-0.1, -0.05) is 24.3 Å². The summed E-state index contributed by atoms with van der Waals surface area (Å²) in [5.41, 5.74) is 5.22. The molecule has 1 unspecified atom stereocenters. The van der Waals surface area contributed by atoms with Crippen molar-refractivity contribution in [3.05, 3.63) is 91.8 Å². The third-order valence-corrected chi connectivity index (χ3v) is 5.37. The van der Waals surface area contributed by atoms with Crippen molar-refractivity contribution in [2.45, 2.75) is 12.8 Å². The van der Waals surface area contributed by atoms with Gasteiger partial charge in [-0.15, -0.1) is 0 Å². The summed E-state index contributed by atoms with van der Waals surface area (Å²) < 4.78 is 16.8. The summed E-state index contributed by atoms with van der Waals surface area (Å²) in [6.45, 7) is 1.70. The molecule has 0 bridgehead atoms. The Morgan fingerprint density at radius 2 is 1.85 bits per heavy atom. The number of benzene rings is 2. The first kappa shape index (κ1) is 22.4. The van der Waals surface area contributed by atoms with Crippen LogP contribution in [0.5, 0.6) is 5.75 Å². The van der Waals surface area contributed by atoms with Crippen LogP contribution in [0.2, 0.25) is 0 Å². The fourth-order valence-corrected chi connectivity index (χ4v) is 3.80. The quantitative estimate of drug-likeness (QED) is 0.549. The topological polar surface area (TPSA) is 149 Å². The van der Waals surface area contributed by atoms with Crippen LogP contribution >= 0.6 is 0 Å². The Morgan fingerprint density at radius 1 is 1.18 bits per heavy atom. The Labute approximate surface area is 193 Å². The van der Waals surface area contributed by atoms with Crippen molar-refractivity contribution in [1.82, 2.24) is 9.78 Å². The van der Waals surface area contributed by atoms with E-state index < -0.39 is 23.0 Å². The fourth-order valence-electron chi connectivity index (χ4n) is 3.80. The molecule has 0 spiro atoms. The Kier molecular flexibility index (Phi) is 5.93. The predicted molar refractivity (Wildman–Crippen MR) is 122 cm³/mol. The molecular formula is C24H20N4O6. The second-order valence-corrected chi connectivity index (χ2v) is 7.26. The number of hydrogen-bond acceptors (Lipinski definition) is 8. The summed E-state index contributed by atoms with van der Waals surface area (Å²) in [5, 5.41) is 12.8. The largest absolute Gasteiger partial charge is 0.497 e.